The fourth-order valence-electron chi connectivity index (χ4n) is 3.47. The van der Waals surface area contributed by atoms with E-state index in [2.05, 4.69) is 13.0 Å². The Labute approximate surface area is 169 Å². The summed E-state index contributed by atoms with van der Waals surface area (Å²) in [7, 11) is 0. The van der Waals surface area contributed by atoms with Crippen LogP contribution in [0.3, 0.4) is 0 Å². The van der Waals surface area contributed by atoms with E-state index < -0.39 is 6.16 Å². The molecule has 1 heterocycles. The third-order valence-electron chi connectivity index (χ3n) is 4.92. The molecule has 1 N–H and O–H groups in total. The molecule has 0 radical (unpaired) electrons. The zero-order valence-electron chi connectivity index (χ0n) is 16.3. The van der Waals surface area contributed by atoms with Crippen LogP contribution >= 0.6 is 11.3 Å². The number of benzene rings is 1. The summed E-state index contributed by atoms with van der Waals surface area (Å²) in [6, 6.07) is 11.4. The summed E-state index contributed by atoms with van der Waals surface area (Å²) < 4.78 is 5.06. The van der Waals surface area contributed by atoms with E-state index in [0.29, 0.717) is 5.69 Å². The predicted molar refractivity (Wildman–Crippen MR) is 112 cm³/mol. The number of anilines is 1. The summed E-state index contributed by atoms with van der Waals surface area (Å²) >= 11 is 1.24. The highest BCUT2D eigenvalue weighted by Crippen LogP contribution is 2.44. The molecule has 0 bridgehead atoms. The van der Waals surface area contributed by atoms with Crippen molar-refractivity contribution in [3.05, 3.63) is 48.0 Å². The van der Waals surface area contributed by atoms with Gasteiger partial charge in [-0.3, -0.25) is 4.79 Å². The van der Waals surface area contributed by atoms with E-state index in [1.165, 1.54) is 16.9 Å². The van der Waals surface area contributed by atoms with Gasteiger partial charge in [0.1, 0.15) is 0 Å². The van der Waals surface area contributed by atoms with Crippen molar-refractivity contribution >= 4 is 29.1 Å². The van der Waals surface area contributed by atoms with Crippen molar-refractivity contribution in [1.82, 2.24) is 0 Å². The van der Waals surface area contributed by atoms with Crippen LogP contribution in [0.15, 0.2) is 48.0 Å². The molecule has 6 heteroatoms. The van der Waals surface area contributed by atoms with Crippen LogP contribution in [-0.4, -0.2) is 23.2 Å². The van der Waals surface area contributed by atoms with E-state index in [9.17, 15) is 14.7 Å². The van der Waals surface area contributed by atoms with Crippen LogP contribution in [-0.2, 0) is 4.79 Å². The minimum Gasteiger partial charge on any atom is -0.449 e. The van der Waals surface area contributed by atoms with Crippen molar-refractivity contribution in [2.45, 2.75) is 46.1 Å². The van der Waals surface area contributed by atoms with Crippen molar-refractivity contribution in [3.63, 3.8) is 0 Å². The van der Waals surface area contributed by atoms with Crippen molar-refractivity contribution in [3.8, 4) is 15.5 Å². The molecule has 28 heavy (non-hydrogen) atoms. The monoisotopic (exact) mass is 399 g/mol. The first kappa shape index (κ1) is 20.1. The number of thiophene rings is 1. The third-order valence-corrected chi connectivity index (χ3v) is 5.97. The zero-order chi connectivity index (χ0) is 20.3. The van der Waals surface area contributed by atoms with Gasteiger partial charge in [-0.1, -0.05) is 53.3 Å². The number of hydrogen-bond acceptors (Lipinski definition) is 4. The van der Waals surface area contributed by atoms with Crippen LogP contribution in [0.1, 0.15) is 40.0 Å². The molecular weight excluding hydrogens is 374 g/mol. The third kappa shape index (κ3) is 4.44. The summed E-state index contributed by atoms with van der Waals surface area (Å²) in [4.78, 5) is 27.1. The number of rotatable bonds is 5. The highest BCUT2D eigenvalue weighted by molar-refractivity contribution is 7.18. The lowest BCUT2D eigenvalue weighted by Crippen LogP contribution is -2.41. The Bertz CT molecular complexity index is 885. The average Bonchev–Trinajstić information content (AvgIpc) is 3.05. The van der Waals surface area contributed by atoms with E-state index in [0.717, 1.165) is 29.7 Å². The molecule has 5 nitrogen and oxygen atoms in total. The smallest absolute Gasteiger partial charge is 0.449 e. The summed E-state index contributed by atoms with van der Waals surface area (Å²) in [5.74, 6) is -0.0738. The van der Waals surface area contributed by atoms with Crippen molar-refractivity contribution < 1.29 is 19.4 Å². The van der Waals surface area contributed by atoms with Gasteiger partial charge in [0.25, 0.3) is 0 Å². The quantitative estimate of drug-likeness (QED) is 0.497. The van der Waals surface area contributed by atoms with Crippen LogP contribution in [0.4, 0.5) is 10.5 Å². The Balaban J connectivity index is 2.00. The Morgan fingerprint density at radius 2 is 1.96 bits per heavy atom. The minimum atomic E-state index is -1.38. The number of nitrogens with zero attached hydrogens (tertiary/aromatic N) is 1. The first-order valence-electron chi connectivity index (χ1n) is 9.45. The molecule has 0 fully saturated rings. The molecule has 148 valence electrons. The van der Waals surface area contributed by atoms with Gasteiger partial charge >= 0.3 is 6.16 Å². The molecule has 1 aliphatic rings. The lowest BCUT2D eigenvalue weighted by molar-refractivity contribution is -0.123. The maximum atomic E-state index is 13.3. The number of amides is 1. The van der Waals surface area contributed by atoms with Crippen LogP contribution in [0.25, 0.3) is 10.4 Å². The molecule has 0 saturated heterocycles. The molecule has 3 rings (SSSR count). The Morgan fingerprint density at radius 1 is 1.25 bits per heavy atom. The maximum absolute atomic E-state index is 13.3. The van der Waals surface area contributed by atoms with Crippen molar-refractivity contribution in [2.75, 3.05) is 4.90 Å². The lowest BCUT2D eigenvalue weighted by Gasteiger charge is -2.31. The van der Waals surface area contributed by atoms with Gasteiger partial charge in [-0.15, -0.1) is 0 Å². The van der Waals surface area contributed by atoms with Gasteiger partial charge < -0.3 is 14.7 Å². The van der Waals surface area contributed by atoms with Gasteiger partial charge in [0.05, 0.1) is 5.69 Å². The molecular formula is C22H25NO4S. The Kier molecular flexibility index (Phi) is 6.19. The van der Waals surface area contributed by atoms with E-state index in [1.807, 2.05) is 50.2 Å². The minimum absolute atomic E-state index is 0.0198. The van der Waals surface area contributed by atoms with Gasteiger partial charge in [-0.25, -0.2) is 4.79 Å². The number of allylic oxidation sites excluding steroid dienone is 2. The van der Waals surface area contributed by atoms with Gasteiger partial charge in [-0.2, -0.15) is 0 Å². The second-order valence-corrected chi connectivity index (χ2v) is 8.36. The molecule has 1 amide bonds. The molecule has 2 aromatic rings. The number of ether oxygens (including phenoxy) is 1. The SMILES string of the molecule is CC1=CCC(C(=O)N(c2cc(-c3ccccc3)sc2OC(=O)O)C(C)C)CC1. The average molecular weight is 400 g/mol. The second kappa shape index (κ2) is 8.61. The van der Waals surface area contributed by atoms with Gasteiger partial charge in [0.15, 0.2) is 0 Å². The normalized spacial score (nSPS) is 16.6. The Morgan fingerprint density at radius 3 is 2.54 bits per heavy atom. The topological polar surface area (TPSA) is 66.8 Å². The maximum Gasteiger partial charge on any atom is 0.512 e. The van der Waals surface area contributed by atoms with Crippen LogP contribution < -0.4 is 9.64 Å². The standard InChI is InChI=1S/C22H25NO4S/c1-14(2)23(20(24)17-11-9-15(3)10-12-17)18-13-19(16-7-5-4-6-8-16)28-21(18)27-22(25)26/h4-9,13-14,17H,10-12H2,1-3H3,(H,25,26). The van der Waals surface area contributed by atoms with E-state index in [1.54, 1.807) is 4.90 Å². The van der Waals surface area contributed by atoms with E-state index in [-0.39, 0.29) is 22.9 Å². The Hall–Kier alpha value is -2.60. The molecule has 1 unspecified atom stereocenters. The number of carboxylic acid groups (broad SMARTS) is 1. The molecule has 1 aliphatic carbocycles. The summed E-state index contributed by atoms with van der Waals surface area (Å²) in [5, 5.41) is 9.41. The van der Waals surface area contributed by atoms with Gasteiger partial charge in [-0.05, 0) is 51.7 Å². The number of hydrogen-bond donors (Lipinski definition) is 1. The summed E-state index contributed by atoms with van der Waals surface area (Å²) in [6.45, 7) is 5.96. The number of carbonyl (C=O) groups excluding carboxylic acids is 1. The largest absolute Gasteiger partial charge is 0.512 e. The second-order valence-electron chi connectivity index (χ2n) is 7.34. The van der Waals surface area contributed by atoms with Crippen molar-refractivity contribution in [1.29, 1.82) is 0 Å². The molecule has 0 aliphatic heterocycles. The first-order valence-corrected chi connectivity index (χ1v) is 10.3. The first-order chi connectivity index (χ1) is 13.4. The molecule has 1 aromatic heterocycles. The molecule has 1 aromatic carbocycles. The van der Waals surface area contributed by atoms with Gasteiger partial charge in [0, 0.05) is 16.8 Å². The summed E-state index contributed by atoms with van der Waals surface area (Å²) in [5.41, 5.74) is 2.80. The van der Waals surface area contributed by atoms with E-state index in [4.69, 9.17) is 4.74 Å². The fourth-order valence-corrected chi connectivity index (χ4v) is 4.47. The molecule has 0 spiro atoms. The van der Waals surface area contributed by atoms with E-state index >= 15 is 0 Å². The zero-order valence-corrected chi connectivity index (χ0v) is 17.2. The highest BCUT2D eigenvalue weighted by Gasteiger charge is 2.31. The summed E-state index contributed by atoms with van der Waals surface area (Å²) in [6.07, 6.45) is 3.20. The van der Waals surface area contributed by atoms with Crippen molar-refractivity contribution in [2.24, 2.45) is 5.92 Å². The fraction of sp³-hybridized carbons (Fsp3) is 0.364. The van der Waals surface area contributed by atoms with Gasteiger partial charge in [0.2, 0.25) is 11.0 Å². The van der Waals surface area contributed by atoms with Crippen LogP contribution in [0, 0.1) is 5.92 Å². The van der Waals surface area contributed by atoms with Crippen LogP contribution in [0.5, 0.6) is 5.06 Å². The predicted octanol–water partition coefficient (Wildman–Crippen LogP) is 5.96. The lowest BCUT2D eigenvalue weighted by atomic mass is 9.89. The number of carbonyl (C=O) groups is 2. The molecule has 1 atom stereocenters. The van der Waals surface area contributed by atoms with Crippen LogP contribution in [0.2, 0.25) is 0 Å². The highest BCUT2D eigenvalue weighted by atomic mass is 32.1. The molecule has 0 saturated carbocycles.